The third-order valence-corrected chi connectivity index (χ3v) is 8.93. The van der Waals surface area contributed by atoms with Crippen molar-refractivity contribution >= 4 is 18.1 Å². The maximum Gasteiger partial charge on any atom is 0.255 e. The zero-order valence-corrected chi connectivity index (χ0v) is 22.0. The Morgan fingerprint density at radius 2 is 1.84 bits per heavy atom. The molecule has 0 aromatic heterocycles. The first-order chi connectivity index (χ1) is 18.1. The van der Waals surface area contributed by atoms with Crippen molar-refractivity contribution < 1.29 is 38.1 Å². The Bertz CT molecular complexity index is 1080. The van der Waals surface area contributed by atoms with Gasteiger partial charge in [0.15, 0.2) is 17.9 Å². The van der Waals surface area contributed by atoms with Crippen LogP contribution in [0.5, 0.6) is 11.5 Å². The molecule has 9 nitrogen and oxygen atoms in total. The highest BCUT2D eigenvalue weighted by Gasteiger charge is 2.53. The van der Waals surface area contributed by atoms with E-state index in [1.54, 1.807) is 0 Å². The Hall–Kier alpha value is -2.72. The SMILES string of the molecule is COc1cc(F)c(O[C@H]2CC[C@@](O)(C=O)CC2)cc1C(=O)N[C@H]1[C@@H](C(=O)NCC2(C)CCC2)[C@H]2CC[C@@H]1O2. The van der Waals surface area contributed by atoms with E-state index in [-0.39, 0.29) is 53.4 Å². The summed E-state index contributed by atoms with van der Waals surface area (Å²) in [6.07, 6.45) is 5.70. The van der Waals surface area contributed by atoms with Gasteiger partial charge in [0.05, 0.1) is 42.9 Å². The molecule has 0 unspecified atom stereocenters. The number of rotatable bonds is 9. The third kappa shape index (κ3) is 5.25. The lowest BCUT2D eigenvalue weighted by atomic mass is 9.70. The molecule has 0 spiro atoms. The van der Waals surface area contributed by atoms with Crippen molar-refractivity contribution in [3.05, 3.63) is 23.5 Å². The van der Waals surface area contributed by atoms with Gasteiger partial charge in [-0.2, -0.15) is 0 Å². The Morgan fingerprint density at radius 1 is 1.13 bits per heavy atom. The molecule has 2 saturated carbocycles. The minimum atomic E-state index is -1.37. The average Bonchev–Trinajstić information content (AvgIpc) is 3.50. The molecule has 1 aromatic carbocycles. The second-order valence-electron chi connectivity index (χ2n) is 11.7. The Kier molecular flexibility index (Phi) is 7.39. The summed E-state index contributed by atoms with van der Waals surface area (Å²) in [5.41, 5.74) is -1.15. The molecule has 208 valence electrons. The van der Waals surface area contributed by atoms with E-state index >= 15 is 0 Å². The van der Waals surface area contributed by atoms with Gasteiger partial charge in [-0.3, -0.25) is 9.59 Å². The summed E-state index contributed by atoms with van der Waals surface area (Å²) < 4.78 is 32.0. The van der Waals surface area contributed by atoms with E-state index in [1.165, 1.54) is 19.6 Å². The van der Waals surface area contributed by atoms with Crippen LogP contribution in [0, 0.1) is 17.2 Å². The number of halogens is 1. The molecule has 5 rings (SSSR count). The second-order valence-corrected chi connectivity index (χ2v) is 11.7. The topological polar surface area (TPSA) is 123 Å². The van der Waals surface area contributed by atoms with E-state index in [4.69, 9.17) is 14.2 Å². The monoisotopic (exact) mass is 532 g/mol. The zero-order valence-electron chi connectivity index (χ0n) is 22.0. The molecule has 2 bridgehead atoms. The summed E-state index contributed by atoms with van der Waals surface area (Å²) in [6.45, 7) is 2.78. The van der Waals surface area contributed by atoms with E-state index in [2.05, 4.69) is 17.6 Å². The average molecular weight is 533 g/mol. The highest BCUT2D eigenvalue weighted by molar-refractivity contribution is 5.98. The van der Waals surface area contributed by atoms with Crippen LogP contribution in [0.15, 0.2) is 12.1 Å². The number of methoxy groups -OCH3 is 1. The fourth-order valence-corrected chi connectivity index (χ4v) is 6.28. The van der Waals surface area contributed by atoms with Gasteiger partial charge in [-0.05, 0) is 62.8 Å². The number of aliphatic hydroxyl groups is 1. The number of ether oxygens (including phenoxy) is 3. The lowest BCUT2D eigenvalue weighted by Crippen LogP contribution is -2.53. The number of aldehydes is 1. The summed E-state index contributed by atoms with van der Waals surface area (Å²) in [4.78, 5) is 37.7. The molecule has 1 aromatic rings. The summed E-state index contributed by atoms with van der Waals surface area (Å²) in [6, 6.07) is 1.91. The Morgan fingerprint density at radius 3 is 2.47 bits per heavy atom. The van der Waals surface area contributed by atoms with Crippen molar-refractivity contribution in [1.82, 2.24) is 10.6 Å². The van der Waals surface area contributed by atoms with Crippen LogP contribution in [0.4, 0.5) is 4.39 Å². The van der Waals surface area contributed by atoms with Crippen molar-refractivity contribution in [2.75, 3.05) is 13.7 Å². The van der Waals surface area contributed by atoms with E-state index in [0.29, 0.717) is 25.7 Å². The lowest BCUT2D eigenvalue weighted by Gasteiger charge is -2.39. The van der Waals surface area contributed by atoms with Crippen molar-refractivity contribution in [3.8, 4) is 11.5 Å². The van der Waals surface area contributed by atoms with Crippen LogP contribution in [-0.2, 0) is 14.3 Å². The molecule has 4 atom stereocenters. The summed E-state index contributed by atoms with van der Waals surface area (Å²) in [7, 11) is 1.35. The van der Waals surface area contributed by atoms with Crippen LogP contribution in [0.1, 0.15) is 75.1 Å². The Labute approximate surface area is 221 Å². The van der Waals surface area contributed by atoms with E-state index in [1.807, 2.05) is 0 Å². The van der Waals surface area contributed by atoms with Crippen LogP contribution < -0.4 is 20.1 Å². The minimum absolute atomic E-state index is 0.0503. The zero-order chi connectivity index (χ0) is 27.1. The highest BCUT2D eigenvalue weighted by atomic mass is 19.1. The second kappa shape index (κ2) is 10.4. The van der Waals surface area contributed by atoms with Gasteiger partial charge in [0.25, 0.3) is 5.91 Å². The van der Waals surface area contributed by atoms with E-state index in [0.717, 1.165) is 31.7 Å². The lowest BCUT2D eigenvalue weighted by molar-refractivity contribution is -0.129. The minimum Gasteiger partial charge on any atom is -0.496 e. The van der Waals surface area contributed by atoms with Crippen molar-refractivity contribution in [2.45, 2.75) is 94.7 Å². The predicted octanol–water partition coefficient (Wildman–Crippen LogP) is 2.67. The molecule has 4 fully saturated rings. The summed E-state index contributed by atoms with van der Waals surface area (Å²) in [5.74, 6) is -1.85. The molecule has 10 heteroatoms. The normalized spacial score (nSPS) is 33.2. The number of carbonyl (C=O) groups excluding carboxylic acids is 3. The summed E-state index contributed by atoms with van der Waals surface area (Å²) in [5, 5.41) is 16.2. The smallest absolute Gasteiger partial charge is 0.255 e. The fraction of sp³-hybridized carbons (Fsp3) is 0.679. The van der Waals surface area contributed by atoms with Crippen LogP contribution >= 0.6 is 0 Å². The number of nitrogens with one attached hydrogen (secondary N) is 2. The van der Waals surface area contributed by atoms with Gasteiger partial charge in [0, 0.05) is 12.6 Å². The molecule has 2 aliphatic carbocycles. The molecule has 38 heavy (non-hydrogen) atoms. The van der Waals surface area contributed by atoms with Gasteiger partial charge in [-0.25, -0.2) is 4.39 Å². The molecule has 0 radical (unpaired) electrons. The maximum absolute atomic E-state index is 14.8. The number of carbonyl (C=O) groups is 3. The first kappa shape index (κ1) is 26.9. The third-order valence-electron chi connectivity index (χ3n) is 8.93. The first-order valence-corrected chi connectivity index (χ1v) is 13.6. The molecular weight excluding hydrogens is 495 g/mol. The molecule has 3 N–H and O–H groups in total. The van der Waals surface area contributed by atoms with Gasteiger partial charge < -0.3 is 34.7 Å². The summed E-state index contributed by atoms with van der Waals surface area (Å²) >= 11 is 0. The largest absolute Gasteiger partial charge is 0.496 e. The van der Waals surface area contributed by atoms with Crippen molar-refractivity contribution in [3.63, 3.8) is 0 Å². The number of fused-ring (bicyclic) bond motifs is 2. The fourth-order valence-electron chi connectivity index (χ4n) is 6.28. The van der Waals surface area contributed by atoms with Crippen LogP contribution in [0.2, 0.25) is 0 Å². The van der Waals surface area contributed by atoms with Gasteiger partial charge >= 0.3 is 0 Å². The number of benzene rings is 1. The molecule has 4 aliphatic rings. The van der Waals surface area contributed by atoms with Crippen molar-refractivity contribution in [2.24, 2.45) is 11.3 Å². The van der Waals surface area contributed by atoms with Gasteiger partial charge in [-0.15, -0.1) is 0 Å². The van der Waals surface area contributed by atoms with Gasteiger partial charge in [-0.1, -0.05) is 13.3 Å². The van der Waals surface area contributed by atoms with Crippen LogP contribution in [-0.4, -0.2) is 66.8 Å². The molecule has 2 heterocycles. The van der Waals surface area contributed by atoms with Crippen LogP contribution in [0.25, 0.3) is 0 Å². The number of amides is 2. The quantitative estimate of drug-likeness (QED) is 0.418. The highest BCUT2D eigenvalue weighted by Crippen LogP contribution is 2.42. The number of hydrogen-bond acceptors (Lipinski definition) is 7. The predicted molar refractivity (Wildman–Crippen MR) is 134 cm³/mol. The first-order valence-electron chi connectivity index (χ1n) is 13.6. The number of hydrogen-bond donors (Lipinski definition) is 3. The van der Waals surface area contributed by atoms with Gasteiger partial charge in [0.1, 0.15) is 11.4 Å². The van der Waals surface area contributed by atoms with E-state index < -0.39 is 35.4 Å². The molecule has 2 amide bonds. The molecule has 2 aliphatic heterocycles. The van der Waals surface area contributed by atoms with Crippen LogP contribution in [0.3, 0.4) is 0 Å². The maximum atomic E-state index is 14.8. The van der Waals surface area contributed by atoms with Gasteiger partial charge in [0.2, 0.25) is 5.91 Å². The Balaban J connectivity index is 1.29. The molecule has 2 saturated heterocycles. The van der Waals surface area contributed by atoms with Crippen molar-refractivity contribution in [1.29, 1.82) is 0 Å². The van der Waals surface area contributed by atoms with E-state index in [9.17, 15) is 23.9 Å². The standard InChI is InChI=1S/C28H37FN2O7/c1-27(8-3-9-27)14-30-26(34)23-19-4-5-20(38-19)24(23)31-25(33)17-12-22(18(29)13-21(17)36-2)37-16-6-10-28(35,15-32)11-7-16/h12-13,15-16,19-20,23-24,35H,3-11,14H2,1-2H3,(H,30,34)(H,31,33)/t16-,19-,20+,23+,24-,28-/m1/s1. The molecular formula is C28H37FN2O7.